The summed E-state index contributed by atoms with van der Waals surface area (Å²) in [5.41, 5.74) is 1.71. The van der Waals surface area contributed by atoms with Gasteiger partial charge in [-0.2, -0.15) is 0 Å². The van der Waals surface area contributed by atoms with Gasteiger partial charge in [-0.25, -0.2) is 4.79 Å². The Morgan fingerprint density at radius 1 is 1.21 bits per heavy atom. The third-order valence-electron chi connectivity index (χ3n) is 4.78. The second kappa shape index (κ2) is 5.36. The molecule has 2 aromatic rings. The molecular formula is C19H23N3O2. The molecule has 5 nitrogen and oxygen atoms in total. The highest BCUT2D eigenvalue weighted by atomic mass is 16.6. The standard InChI is InChI=1S/C19H23N3O2/c1-19(2,3)24-18(23)22-12-15-9-16(22)11-21(15)14-8-13-6-4-5-7-17(13)20-10-14/h4-8,10,15-16H,9,11-12H2,1-3H3/t15-,16-/m0/s1. The van der Waals surface area contributed by atoms with E-state index in [0.717, 1.165) is 36.1 Å². The van der Waals surface area contributed by atoms with Gasteiger partial charge in [0.2, 0.25) is 0 Å². The summed E-state index contributed by atoms with van der Waals surface area (Å²) >= 11 is 0. The zero-order chi connectivity index (χ0) is 16.9. The second-order valence-corrected chi connectivity index (χ2v) is 7.71. The van der Waals surface area contributed by atoms with E-state index in [2.05, 4.69) is 22.0 Å². The van der Waals surface area contributed by atoms with Crippen LogP contribution in [0.3, 0.4) is 0 Å². The fourth-order valence-electron chi connectivity index (χ4n) is 3.74. The lowest BCUT2D eigenvalue weighted by molar-refractivity contribution is 0.0215. The summed E-state index contributed by atoms with van der Waals surface area (Å²) in [5.74, 6) is 0. The fraction of sp³-hybridized carbons (Fsp3) is 0.474. The molecule has 0 aliphatic carbocycles. The zero-order valence-corrected chi connectivity index (χ0v) is 14.4. The van der Waals surface area contributed by atoms with Crippen LogP contribution in [0, 0.1) is 0 Å². The first-order chi connectivity index (χ1) is 11.4. The Hall–Kier alpha value is -2.30. The molecule has 2 aliphatic rings. The number of amides is 1. The van der Waals surface area contributed by atoms with E-state index < -0.39 is 5.60 Å². The van der Waals surface area contributed by atoms with E-state index in [-0.39, 0.29) is 12.1 Å². The van der Waals surface area contributed by atoms with Crippen molar-refractivity contribution in [1.82, 2.24) is 9.88 Å². The molecule has 1 aromatic carbocycles. The molecule has 1 amide bonds. The summed E-state index contributed by atoms with van der Waals surface area (Å²) in [5, 5.41) is 1.15. The van der Waals surface area contributed by atoms with Gasteiger partial charge in [-0.3, -0.25) is 4.98 Å². The topological polar surface area (TPSA) is 45.7 Å². The van der Waals surface area contributed by atoms with Crippen molar-refractivity contribution < 1.29 is 9.53 Å². The first-order valence-corrected chi connectivity index (χ1v) is 8.52. The monoisotopic (exact) mass is 325 g/mol. The third-order valence-corrected chi connectivity index (χ3v) is 4.78. The first kappa shape index (κ1) is 15.2. The average Bonchev–Trinajstić information content (AvgIpc) is 3.13. The molecule has 3 heterocycles. The van der Waals surface area contributed by atoms with Crippen LogP contribution in [0.15, 0.2) is 36.5 Å². The maximum absolute atomic E-state index is 12.3. The van der Waals surface area contributed by atoms with Gasteiger partial charge in [-0.1, -0.05) is 18.2 Å². The van der Waals surface area contributed by atoms with Crippen molar-refractivity contribution >= 4 is 22.7 Å². The molecule has 1 aromatic heterocycles. The van der Waals surface area contributed by atoms with Crippen molar-refractivity contribution in [3.8, 4) is 0 Å². The zero-order valence-electron chi connectivity index (χ0n) is 14.4. The average molecular weight is 325 g/mol. The predicted octanol–water partition coefficient (Wildman–Crippen LogP) is 3.43. The Morgan fingerprint density at radius 2 is 2.00 bits per heavy atom. The van der Waals surface area contributed by atoms with Gasteiger partial charge in [0.1, 0.15) is 5.60 Å². The van der Waals surface area contributed by atoms with E-state index in [4.69, 9.17) is 4.74 Å². The number of rotatable bonds is 1. The number of ether oxygens (including phenoxy) is 1. The molecule has 2 bridgehead atoms. The minimum atomic E-state index is -0.444. The van der Waals surface area contributed by atoms with E-state index in [9.17, 15) is 4.79 Å². The van der Waals surface area contributed by atoms with Gasteiger partial charge in [-0.15, -0.1) is 0 Å². The molecule has 5 heteroatoms. The van der Waals surface area contributed by atoms with Gasteiger partial charge in [0.15, 0.2) is 0 Å². The number of likely N-dealkylation sites (tertiary alicyclic amines) is 1. The second-order valence-electron chi connectivity index (χ2n) is 7.71. The van der Waals surface area contributed by atoms with E-state index in [0.29, 0.717) is 6.04 Å². The van der Waals surface area contributed by atoms with E-state index in [1.165, 1.54) is 0 Å². The van der Waals surface area contributed by atoms with E-state index in [1.54, 1.807) is 0 Å². The minimum Gasteiger partial charge on any atom is -0.444 e. The summed E-state index contributed by atoms with van der Waals surface area (Å²) in [6, 6.07) is 10.9. The fourth-order valence-corrected chi connectivity index (χ4v) is 3.74. The maximum Gasteiger partial charge on any atom is 0.410 e. The quantitative estimate of drug-likeness (QED) is 0.806. The molecule has 0 saturated carbocycles. The van der Waals surface area contributed by atoms with Crippen LogP contribution < -0.4 is 4.90 Å². The van der Waals surface area contributed by atoms with Crippen molar-refractivity contribution in [3.05, 3.63) is 36.5 Å². The number of hydrogen-bond acceptors (Lipinski definition) is 4. The molecule has 2 aliphatic heterocycles. The van der Waals surface area contributed by atoms with Crippen molar-refractivity contribution in [2.75, 3.05) is 18.0 Å². The summed E-state index contributed by atoms with van der Waals surface area (Å²) < 4.78 is 5.53. The summed E-state index contributed by atoms with van der Waals surface area (Å²) in [4.78, 5) is 21.2. The number of hydrogen-bond donors (Lipinski definition) is 0. The predicted molar refractivity (Wildman–Crippen MR) is 94.2 cm³/mol. The van der Waals surface area contributed by atoms with Gasteiger partial charge < -0.3 is 14.5 Å². The van der Waals surface area contributed by atoms with Gasteiger partial charge in [0.05, 0.1) is 23.4 Å². The van der Waals surface area contributed by atoms with Gasteiger partial charge in [0.25, 0.3) is 0 Å². The van der Waals surface area contributed by atoms with Crippen LogP contribution in [0.5, 0.6) is 0 Å². The number of aromatic nitrogens is 1. The highest BCUT2D eigenvalue weighted by Crippen LogP contribution is 2.35. The van der Waals surface area contributed by atoms with Crippen molar-refractivity contribution in [2.24, 2.45) is 0 Å². The number of carbonyl (C=O) groups excluding carboxylic acids is 1. The highest BCUT2D eigenvalue weighted by molar-refractivity contribution is 5.82. The van der Waals surface area contributed by atoms with Crippen LogP contribution in [-0.4, -0.2) is 46.8 Å². The SMILES string of the molecule is CC(C)(C)OC(=O)N1C[C@@H]2C[C@H]1CN2c1cnc2ccccc2c1. The summed E-state index contributed by atoms with van der Waals surface area (Å²) in [6.07, 6.45) is 2.76. The number of piperazine rings is 1. The molecule has 24 heavy (non-hydrogen) atoms. The van der Waals surface area contributed by atoms with Crippen LogP contribution in [0.4, 0.5) is 10.5 Å². The molecule has 4 rings (SSSR count). The number of nitrogens with zero attached hydrogens (tertiary/aromatic N) is 3. The lowest BCUT2D eigenvalue weighted by Gasteiger charge is -2.36. The van der Waals surface area contributed by atoms with E-state index in [1.807, 2.05) is 50.1 Å². The molecule has 0 spiro atoms. The maximum atomic E-state index is 12.3. The van der Waals surface area contributed by atoms with Crippen molar-refractivity contribution in [1.29, 1.82) is 0 Å². The molecule has 0 unspecified atom stereocenters. The molecule has 2 saturated heterocycles. The van der Waals surface area contributed by atoms with Crippen molar-refractivity contribution in [3.63, 3.8) is 0 Å². The van der Waals surface area contributed by atoms with Crippen LogP contribution in [0.1, 0.15) is 27.2 Å². The number of benzene rings is 1. The van der Waals surface area contributed by atoms with Crippen LogP contribution in [0.2, 0.25) is 0 Å². The van der Waals surface area contributed by atoms with Crippen LogP contribution in [-0.2, 0) is 4.74 Å². The molecule has 0 radical (unpaired) electrons. The smallest absolute Gasteiger partial charge is 0.410 e. The minimum absolute atomic E-state index is 0.189. The highest BCUT2D eigenvalue weighted by Gasteiger charge is 2.46. The van der Waals surface area contributed by atoms with Crippen molar-refractivity contribution in [2.45, 2.75) is 44.9 Å². The largest absolute Gasteiger partial charge is 0.444 e. The normalized spacial score (nSPS) is 23.1. The lowest BCUT2D eigenvalue weighted by atomic mass is 10.2. The van der Waals surface area contributed by atoms with Gasteiger partial charge in [0, 0.05) is 24.5 Å². The Morgan fingerprint density at radius 3 is 2.71 bits per heavy atom. The molecule has 2 atom stereocenters. The number of fused-ring (bicyclic) bond motifs is 3. The Labute approximate surface area is 142 Å². The van der Waals surface area contributed by atoms with Gasteiger partial charge >= 0.3 is 6.09 Å². The summed E-state index contributed by atoms with van der Waals surface area (Å²) in [6.45, 7) is 7.31. The molecule has 0 N–H and O–H groups in total. The first-order valence-electron chi connectivity index (χ1n) is 8.52. The number of anilines is 1. The Bertz CT molecular complexity index is 784. The lowest BCUT2D eigenvalue weighted by Crippen LogP contribution is -2.50. The Kier molecular flexibility index (Phi) is 3.41. The molecule has 126 valence electrons. The molecular weight excluding hydrogens is 302 g/mol. The molecule has 2 fully saturated rings. The number of para-hydroxylation sites is 1. The third kappa shape index (κ3) is 2.68. The van der Waals surface area contributed by atoms with Crippen LogP contribution >= 0.6 is 0 Å². The summed E-state index contributed by atoms with van der Waals surface area (Å²) in [7, 11) is 0. The Balaban J connectivity index is 1.50. The van der Waals surface area contributed by atoms with Crippen LogP contribution in [0.25, 0.3) is 10.9 Å². The number of pyridine rings is 1. The van der Waals surface area contributed by atoms with Gasteiger partial charge in [-0.05, 0) is 39.3 Å². The van der Waals surface area contributed by atoms with E-state index >= 15 is 0 Å². The number of carbonyl (C=O) groups is 1.